The van der Waals surface area contributed by atoms with Crippen LogP contribution in [-0.2, 0) is 14.8 Å². The highest BCUT2D eigenvalue weighted by Gasteiger charge is 2.28. The van der Waals surface area contributed by atoms with Crippen LogP contribution in [0, 0.1) is 0 Å². The molecule has 3 heterocycles. The zero-order valence-electron chi connectivity index (χ0n) is 15.3. The van der Waals surface area contributed by atoms with Crippen LogP contribution in [0.2, 0.25) is 0 Å². The van der Waals surface area contributed by atoms with Crippen molar-refractivity contribution in [3.05, 3.63) is 18.3 Å². The molecule has 0 unspecified atom stereocenters. The molecule has 0 aromatic carbocycles. The van der Waals surface area contributed by atoms with Gasteiger partial charge in [0.2, 0.25) is 15.9 Å². The van der Waals surface area contributed by atoms with E-state index in [4.69, 9.17) is 0 Å². The number of aromatic nitrogens is 1. The fourth-order valence-corrected chi connectivity index (χ4v) is 5.85. The summed E-state index contributed by atoms with van der Waals surface area (Å²) in [7, 11) is -3.43. The number of rotatable bonds is 6. The number of hydrogen-bond acceptors (Lipinski definition) is 5. The van der Waals surface area contributed by atoms with Gasteiger partial charge in [-0.25, -0.2) is 13.4 Å². The minimum absolute atomic E-state index is 0.150. The van der Waals surface area contributed by atoms with Crippen molar-refractivity contribution in [2.75, 3.05) is 25.4 Å². The van der Waals surface area contributed by atoms with Gasteiger partial charge in [0.25, 0.3) is 0 Å². The predicted octanol–water partition coefficient (Wildman–Crippen LogP) is 2.75. The summed E-state index contributed by atoms with van der Waals surface area (Å²) in [6.45, 7) is 4.15. The molecular formula is C18H27N3O3S2. The van der Waals surface area contributed by atoms with Crippen molar-refractivity contribution in [1.29, 1.82) is 0 Å². The summed E-state index contributed by atoms with van der Waals surface area (Å²) in [6, 6.07) is 3.66. The van der Waals surface area contributed by atoms with E-state index in [1.807, 2.05) is 4.90 Å². The molecule has 1 amide bonds. The minimum atomic E-state index is -3.43. The molecule has 2 aliphatic heterocycles. The Kier molecular flexibility index (Phi) is 6.58. The van der Waals surface area contributed by atoms with E-state index in [2.05, 4.69) is 11.9 Å². The molecule has 2 fully saturated rings. The van der Waals surface area contributed by atoms with Crippen LogP contribution < -0.4 is 0 Å². The Balaban J connectivity index is 1.58. The molecule has 0 bridgehead atoms. The highest BCUT2D eigenvalue weighted by molar-refractivity contribution is 7.99. The summed E-state index contributed by atoms with van der Waals surface area (Å²) in [4.78, 5) is 19.0. The lowest BCUT2D eigenvalue weighted by Gasteiger charge is -2.35. The Bertz CT molecular complexity index is 716. The highest BCUT2D eigenvalue weighted by atomic mass is 32.2. The lowest BCUT2D eigenvalue weighted by atomic mass is 10.0. The molecule has 0 saturated carbocycles. The molecule has 0 N–H and O–H groups in total. The molecule has 2 saturated heterocycles. The number of sulfonamides is 1. The van der Waals surface area contributed by atoms with Crippen LogP contribution in [0.1, 0.15) is 45.4 Å². The van der Waals surface area contributed by atoms with Crippen molar-refractivity contribution >= 4 is 27.7 Å². The van der Waals surface area contributed by atoms with Crippen LogP contribution in [0.5, 0.6) is 0 Å². The summed E-state index contributed by atoms with van der Waals surface area (Å²) in [5.74, 6) is 0.499. The van der Waals surface area contributed by atoms with Gasteiger partial charge in [0.05, 0.1) is 10.8 Å². The fraction of sp³-hybridized carbons (Fsp3) is 0.667. The van der Waals surface area contributed by atoms with E-state index in [0.29, 0.717) is 29.9 Å². The van der Waals surface area contributed by atoms with E-state index in [0.717, 1.165) is 38.6 Å². The van der Waals surface area contributed by atoms with Gasteiger partial charge in [0.15, 0.2) is 0 Å². The van der Waals surface area contributed by atoms with Crippen LogP contribution in [0.3, 0.4) is 0 Å². The smallest absolute Gasteiger partial charge is 0.244 e. The fourth-order valence-electron chi connectivity index (χ4n) is 3.65. The van der Waals surface area contributed by atoms with Crippen molar-refractivity contribution in [3.8, 4) is 0 Å². The van der Waals surface area contributed by atoms with E-state index in [9.17, 15) is 13.2 Å². The van der Waals surface area contributed by atoms with Crippen molar-refractivity contribution < 1.29 is 13.2 Å². The van der Waals surface area contributed by atoms with Crippen LogP contribution >= 0.6 is 11.8 Å². The van der Waals surface area contributed by atoms with Gasteiger partial charge in [-0.15, -0.1) is 0 Å². The molecule has 144 valence electrons. The molecular weight excluding hydrogens is 370 g/mol. The van der Waals surface area contributed by atoms with E-state index >= 15 is 0 Å². The van der Waals surface area contributed by atoms with E-state index < -0.39 is 10.0 Å². The maximum absolute atomic E-state index is 12.5. The van der Waals surface area contributed by atoms with Crippen molar-refractivity contribution in [3.63, 3.8) is 0 Å². The first-order valence-electron chi connectivity index (χ1n) is 9.41. The number of hydrogen-bond donors (Lipinski definition) is 0. The standard InChI is InChI=1S/C18H27N3O3S2/c1-2-15-7-3-4-12-21(15)18(22)14-25-17-9-8-16(13-19-17)26(23,24)20-10-5-6-11-20/h8-9,13,15H,2-7,10-12,14H2,1H3/t15-/m1/s1. The Hall–Kier alpha value is -1.12. The third-order valence-electron chi connectivity index (χ3n) is 5.17. The number of likely N-dealkylation sites (tertiary alicyclic amines) is 1. The van der Waals surface area contributed by atoms with Crippen molar-refractivity contribution in [2.24, 2.45) is 0 Å². The normalized spacial score (nSPS) is 21.9. The number of piperidine rings is 1. The number of thioether (sulfide) groups is 1. The second kappa shape index (κ2) is 8.71. The zero-order chi connectivity index (χ0) is 18.6. The van der Waals surface area contributed by atoms with E-state index in [-0.39, 0.29) is 10.8 Å². The van der Waals surface area contributed by atoms with Gasteiger partial charge in [0, 0.05) is 31.9 Å². The topological polar surface area (TPSA) is 70.6 Å². The number of carbonyl (C=O) groups excluding carboxylic acids is 1. The number of pyridine rings is 1. The molecule has 0 aliphatic carbocycles. The van der Waals surface area contributed by atoms with Crippen LogP contribution in [0.15, 0.2) is 28.3 Å². The minimum Gasteiger partial charge on any atom is -0.339 e. The average molecular weight is 398 g/mol. The first-order chi connectivity index (χ1) is 12.5. The van der Waals surface area contributed by atoms with Crippen molar-refractivity contribution in [1.82, 2.24) is 14.2 Å². The van der Waals surface area contributed by atoms with Gasteiger partial charge in [-0.05, 0) is 50.7 Å². The number of amides is 1. The number of nitrogens with zero attached hydrogens (tertiary/aromatic N) is 3. The monoisotopic (exact) mass is 397 g/mol. The lowest BCUT2D eigenvalue weighted by Crippen LogP contribution is -2.44. The maximum Gasteiger partial charge on any atom is 0.244 e. The van der Waals surface area contributed by atoms with Crippen molar-refractivity contribution in [2.45, 2.75) is 61.4 Å². The molecule has 3 rings (SSSR count). The lowest BCUT2D eigenvalue weighted by molar-refractivity contribution is -0.132. The summed E-state index contributed by atoms with van der Waals surface area (Å²) in [5, 5.41) is 0.684. The summed E-state index contributed by atoms with van der Waals surface area (Å²) in [5.41, 5.74) is 0. The third-order valence-corrected chi connectivity index (χ3v) is 7.99. The molecule has 26 heavy (non-hydrogen) atoms. The van der Waals surface area contributed by atoms with Gasteiger partial charge in [0.1, 0.15) is 4.90 Å². The quantitative estimate of drug-likeness (QED) is 0.690. The Morgan fingerprint density at radius 1 is 1.19 bits per heavy atom. The molecule has 1 atom stereocenters. The van der Waals surface area contributed by atoms with Crippen LogP contribution in [-0.4, -0.2) is 59.9 Å². The molecule has 8 heteroatoms. The Labute approximate surface area is 160 Å². The van der Waals surface area contributed by atoms with Gasteiger partial charge in [-0.2, -0.15) is 4.31 Å². The third kappa shape index (κ3) is 4.40. The Morgan fingerprint density at radius 2 is 1.92 bits per heavy atom. The van der Waals surface area contributed by atoms with E-state index in [1.54, 1.807) is 12.1 Å². The Morgan fingerprint density at radius 3 is 2.58 bits per heavy atom. The summed E-state index contributed by atoms with van der Waals surface area (Å²) in [6.07, 6.45) is 7.61. The summed E-state index contributed by atoms with van der Waals surface area (Å²) >= 11 is 1.38. The largest absolute Gasteiger partial charge is 0.339 e. The first-order valence-corrected chi connectivity index (χ1v) is 11.8. The molecule has 2 aliphatic rings. The molecule has 1 aromatic rings. The van der Waals surface area contributed by atoms with Crippen LogP contribution in [0.4, 0.5) is 0 Å². The van der Waals surface area contributed by atoms with Gasteiger partial charge < -0.3 is 4.90 Å². The van der Waals surface area contributed by atoms with Gasteiger partial charge in [-0.1, -0.05) is 18.7 Å². The van der Waals surface area contributed by atoms with Gasteiger partial charge in [-0.3, -0.25) is 4.79 Å². The van der Waals surface area contributed by atoms with Crippen LogP contribution in [0.25, 0.3) is 0 Å². The molecule has 0 spiro atoms. The maximum atomic E-state index is 12.5. The molecule has 6 nitrogen and oxygen atoms in total. The average Bonchev–Trinajstić information content (AvgIpc) is 3.22. The highest BCUT2D eigenvalue weighted by Crippen LogP contribution is 2.24. The van der Waals surface area contributed by atoms with Gasteiger partial charge >= 0.3 is 0 Å². The molecule has 1 aromatic heterocycles. The predicted molar refractivity (Wildman–Crippen MR) is 103 cm³/mol. The van der Waals surface area contributed by atoms with E-state index in [1.165, 1.54) is 28.7 Å². The second-order valence-corrected chi connectivity index (χ2v) is 9.81. The number of carbonyl (C=O) groups is 1. The first kappa shape index (κ1) is 19.6. The summed E-state index contributed by atoms with van der Waals surface area (Å²) < 4.78 is 26.5. The second-order valence-electron chi connectivity index (χ2n) is 6.88. The molecule has 0 radical (unpaired) electrons. The SMILES string of the molecule is CC[C@@H]1CCCCN1C(=O)CSc1ccc(S(=O)(=O)N2CCCC2)cn1. The zero-order valence-corrected chi connectivity index (χ0v) is 16.9.